The standard InChI is InChI=1S/C18H18BrNO/c19-15-10-8-13(9-11-15)12-18(21)20-17-7-3-5-14-4-1-2-6-16(14)17/h3,5,7-11H,1-2,4,6,12H2,(H,20,21). The van der Waals surface area contributed by atoms with E-state index in [-0.39, 0.29) is 5.91 Å². The average molecular weight is 344 g/mol. The highest BCUT2D eigenvalue weighted by Gasteiger charge is 2.14. The Kier molecular flexibility index (Phi) is 4.39. The van der Waals surface area contributed by atoms with E-state index in [2.05, 4.69) is 27.3 Å². The minimum Gasteiger partial charge on any atom is -0.326 e. The largest absolute Gasteiger partial charge is 0.326 e. The number of amides is 1. The molecular formula is C18H18BrNO. The van der Waals surface area contributed by atoms with Crippen molar-refractivity contribution < 1.29 is 4.79 Å². The van der Waals surface area contributed by atoms with Gasteiger partial charge in [0.15, 0.2) is 0 Å². The van der Waals surface area contributed by atoms with Crippen molar-refractivity contribution >= 4 is 27.5 Å². The van der Waals surface area contributed by atoms with E-state index in [1.807, 2.05) is 36.4 Å². The molecule has 3 rings (SSSR count). The second kappa shape index (κ2) is 6.44. The quantitative estimate of drug-likeness (QED) is 0.872. The van der Waals surface area contributed by atoms with Crippen LogP contribution in [0.4, 0.5) is 5.69 Å². The lowest BCUT2D eigenvalue weighted by Gasteiger charge is -2.19. The summed E-state index contributed by atoms with van der Waals surface area (Å²) in [6.45, 7) is 0. The summed E-state index contributed by atoms with van der Waals surface area (Å²) < 4.78 is 1.03. The third kappa shape index (κ3) is 3.53. The number of aryl methyl sites for hydroxylation is 1. The van der Waals surface area contributed by atoms with Crippen molar-refractivity contribution in [3.63, 3.8) is 0 Å². The Balaban J connectivity index is 1.71. The van der Waals surface area contributed by atoms with Gasteiger partial charge in [0.2, 0.25) is 5.91 Å². The lowest BCUT2D eigenvalue weighted by atomic mass is 9.90. The van der Waals surface area contributed by atoms with E-state index in [9.17, 15) is 4.79 Å². The smallest absolute Gasteiger partial charge is 0.228 e. The minimum atomic E-state index is 0.0521. The first-order valence-electron chi connectivity index (χ1n) is 7.37. The summed E-state index contributed by atoms with van der Waals surface area (Å²) in [6.07, 6.45) is 5.09. The van der Waals surface area contributed by atoms with Crippen molar-refractivity contribution in [1.29, 1.82) is 0 Å². The van der Waals surface area contributed by atoms with Gasteiger partial charge < -0.3 is 5.32 Å². The molecule has 1 aliphatic rings. The molecule has 0 aliphatic heterocycles. The first-order chi connectivity index (χ1) is 10.2. The zero-order valence-electron chi connectivity index (χ0n) is 11.9. The summed E-state index contributed by atoms with van der Waals surface area (Å²) in [6, 6.07) is 14.1. The Bertz CT molecular complexity index is 649. The molecule has 1 amide bonds. The maximum Gasteiger partial charge on any atom is 0.228 e. The fourth-order valence-electron chi connectivity index (χ4n) is 2.88. The zero-order chi connectivity index (χ0) is 14.7. The molecule has 0 saturated carbocycles. The van der Waals surface area contributed by atoms with Crippen LogP contribution in [-0.4, -0.2) is 5.91 Å². The van der Waals surface area contributed by atoms with Gasteiger partial charge in [0.05, 0.1) is 6.42 Å². The van der Waals surface area contributed by atoms with Crippen LogP contribution in [0.3, 0.4) is 0 Å². The summed E-state index contributed by atoms with van der Waals surface area (Å²) in [5.74, 6) is 0.0521. The van der Waals surface area contributed by atoms with Gasteiger partial charge in [-0.05, 0) is 60.6 Å². The van der Waals surface area contributed by atoms with Crippen LogP contribution in [0, 0.1) is 0 Å². The van der Waals surface area contributed by atoms with Crippen LogP contribution >= 0.6 is 15.9 Å². The maximum atomic E-state index is 12.2. The van der Waals surface area contributed by atoms with Gasteiger partial charge in [0.1, 0.15) is 0 Å². The molecule has 0 unspecified atom stereocenters. The number of nitrogens with one attached hydrogen (secondary N) is 1. The van der Waals surface area contributed by atoms with Crippen molar-refractivity contribution in [3.05, 3.63) is 63.6 Å². The van der Waals surface area contributed by atoms with Gasteiger partial charge in [-0.1, -0.05) is 40.2 Å². The van der Waals surface area contributed by atoms with Gasteiger partial charge in [-0.3, -0.25) is 4.79 Å². The van der Waals surface area contributed by atoms with E-state index in [1.165, 1.54) is 24.0 Å². The van der Waals surface area contributed by atoms with Crippen molar-refractivity contribution in [2.45, 2.75) is 32.1 Å². The number of fused-ring (bicyclic) bond motifs is 1. The molecule has 1 aliphatic carbocycles. The summed E-state index contributed by atoms with van der Waals surface area (Å²) in [7, 11) is 0. The van der Waals surface area contributed by atoms with Gasteiger partial charge >= 0.3 is 0 Å². The van der Waals surface area contributed by atoms with Crippen LogP contribution < -0.4 is 5.32 Å². The second-order valence-corrected chi connectivity index (χ2v) is 6.42. The number of hydrogen-bond acceptors (Lipinski definition) is 1. The number of benzene rings is 2. The van der Waals surface area contributed by atoms with E-state index < -0.39 is 0 Å². The molecule has 0 saturated heterocycles. The monoisotopic (exact) mass is 343 g/mol. The Morgan fingerprint density at radius 3 is 2.62 bits per heavy atom. The first-order valence-corrected chi connectivity index (χ1v) is 8.17. The number of anilines is 1. The molecule has 0 radical (unpaired) electrons. The topological polar surface area (TPSA) is 29.1 Å². The highest BCUT2D eigenvalue weighted by molar-refractivity contribution is 9.10. The van der Waals surface area contributed by atoms with Gasteiger partial charge in [0.25, 0.3) is 0 Å². The van der Waals surface area contributed by atoms with Crippen molar-refractivity contribution in [1.82, 2.24) is 0 Å². The summed E-state index contributed by atoms with van der Waals surface area (Å²) in [5, 5.41) is 3.08. The molecule has 0 spiro atoms. The Hall–Kier alpha value is -1.61. The SMILES string of the molecule is O=C(Cc1ccc(Br)cc1)Nc1cccc2c1CCCC2. The molecule has 0 atom stereocenters. The molecule has 1 N–H and O–H groups in total. The fourth-order valence-corrected chi connectivity index (χ4v) is 3.14. The molecule has 2 aromatic rings. The average Bonchev–Trinajstić information content (AvgIpc) is 2.50. The molecular weight excluding hydrogens is 326 g/mol. The zero-order valence-corrected chi connectivity index (χ0v) is 13.4. The van der Waals surface area contributed by atoms with E-state index in [0.29, 0.717) is 6.42 Å². The lowest BCUT2D eigenvalue weighted by molar-refractivity contribution is -0.115. The third-order valence-corrected chi connectivity index (χ3v) is 4.48. The highest BCUT2D eigenvalue weighted by atomic mass is 79.9. The molecule has 0 heterocycles. The van der Waals surface area contributed by atoms with Crippen molar-refractivity contribution in [2.75, 3.05) is 5.32 Å². The molecule has 0 bridgehead atoms. The van der Waals surface area contributed by atoms with Crippen LogP contribution in [0.25, 0.3) is 0 Å². The Morgan fingerprint density at radius 2 is 1.81 bits per heavy atom. The van der Waals surface area contributed by atoms with Gasteiger partial charge in [-0.25, -0.2) is 0 Å². The fraction of sp³-hybridized carbons (Fsp3) is 0.278. The predicted molar refractivity (Wildman–Crippen MR) is 89.6 cm³/mol. The van der Waals surface area contributed by atoms with Gasteiger partial charge in [0, 0.05) is 10.2 Å². The highest BCUT2D eigenvalue weighted by Crippen LogP contribution is 2.27. The molecule has 21 heavy (non-hydrogen) atoms. The predicted octanol–water partition coefficient (Wildman–Crippen LogP) is 4.51. The molecule has 0 fully saturated rings. The van der Waals surface area contributed by atoms with Crippen molar-refractivity contribution in [3.8, 4) is 0 Å². The lowest BCUT2D eigenvalue weighted by Crippen LogP contribution is -2.17. The van der Waals surface area contributed by atoms with E-state index in [1.54, 1.807) is 0 Å². The summed E-state index contributed by atoms with van der Waals surface area (Å²) in [5.41, 5.74) is 4.74. The van der Waals surface area contributed by atoms with Crippen molar-refractivity contribution in [2.24, 2.45) is 0 Å². The Labute approximate surface area is 133 Å². The van der Waals surface area contributed by atoms with Gasteiger partial charge in [-0.15, -0.1) is 0 Å². The molecule has 2 nitrogen and oxygen atoms in total. The molecule has 108 valence electrons. The van der Waals surface area contributed by atoms with Crippen LogP contribution in [0.2, 0.25) is 0 Å². The van der Waals surface area contributed by atoms with Crippen LogP contribution in [0.1, 0.15) is 29.5 Å². The summed E-state index contributed by atoms with van der Waals surface area (Å²) in [4.78, 5) is 12.2. The van der Waals surface area contributed by atoms with Gasteiger partial charge in [-0.2, -0.15) is 0 Å². The second-order valence-electron chi connectivity index (χ2n) is 5.50. The number of carbonyl (C=O) groups is 1. The normalized spacial score (nSPS) is 13.6. The van der Waals surface area contributed by atoms with Crippen LogP contribution in [-0.2, 0) is 24.1 Å². The van der Waals surface area contributed by atoms with Crippen LogP contribution in [0.15, 0.2) is 46.9 Å². The molecule has 2 aromatic carbocycles. The third-order valence-electron chi connectivity index (χ3n) is 3.95. The number of hydrogen-bond donors (Lipinski definition) is 1. The number of carbonyl (C=O) groups excluding carboxylic acids is 1. The Morgan fingerprint density at radius 1 is 1.05 bits per heavy atom. The van der Waals surface area contributed by atoms with E-state index in [4.69, 9.17) is 0 Å². The molecule has 0 aromatic heterocycles. The van der Waals surface area contributed by atoms with E-state index in [0.717, 1.165) is 28.6 Å². The number of rotatable bonds is 3. The minimum absolute atomic E-state index is 0.0521. The summed E-state index contributed by atoms with van der Waals surface area (Å²) >= 11 is 3.41. The van der Waals surface area contributed by atoms with Crippen LogP contribution in [0.5, 0.6) is 0 Å². The maximum absolute atomic E-state index is 12.2. The first kappa shape index (κ1) is 14.3. The number of halogens is 1. The van der Waals surface area contributed by atoms with E-state index >= 15 is 0 Å². The molecule has 3 heteroatoms.